The molecule has 0 radical (unpaired) electrons. The van der Waals surface area contributed by atoms with Gasteiger partial charge in [-0.3, -0.25) is 24.1 Å². The molecule has 4 amide bonds. The maximum atomic E-state index is 13.3. The van der Waals surface area contributed by atoms with E-state index < -0.39 is 5.41 Å². The van der Waals surface area contributed by atoms with E-state index in [0.717, 1.165) is 30.6 Å². The average Bonchev–Trinajstić information content (AvgIpc) is 3.03. The Balaban J connectivity index is 1.51. The van der Waals surface area contributed by atoms with Gasteiger partial charge in [-0.05, 0) is 30.5 Å². The number of amides is 4. The lowest BCUT2D eigenvalue weighted by Gasteiger charge is -2.41. The van der Waals surface area contributed by atoms with Crippen molar-refractivity contribution in [2.24, 2.45) is 0 Å². The summed E-state index contributed by atoms with van der Waals surface area (Å²) in [5.74, 6) is -0.357. The number of nitrogens with zero attached hydrogens (tertiary/aromatic N) is 3. The first-order valence-corrected chi connectivity index (χ1v) is 11.4. The van der Waals surface area contributed by atoms with E-state index in [1.165, 1.54) is 13.5 Å². The molecule has 1 aromatic carbocycles. The fourth-order valence-corrected chi connectivity index (χ4v) is 5.31. The number of likely N-dealkylation sites (tertiary alicyclic amines) is 1. The minimum Gasteiger partial charge on any atom is -0.497 e. The van der Waals surface area contributed by atoms with Crippen LogP contribution in [0.15, 0.2) is 24.3 Å². The first kappa shape index (κ1) is 22.3. The fraction of sp³-hybridized carbons (Fsp3) is 0.583. The van der Waals surface area contributed by atoms with Crippen molar-refractivity contribution in [1.82, 2.24) is 14.7 Å². The zero-order chi connectivity index (χ0) is 22.9. The maximum Gasteiger partial charge on any atom is 0.242 e. The van der Waals surface area contributed by atoms with Crippen molar-refractivity contribution in [2.75, 3.05) is 33.8 Å². The van der Waals surface area contributed by atoms with Crippen molar-refractivity contribution in [3.63, 3.8) is 0 Å². The van der Waals surface area contributed by atoms with E-state index >= 15 is 0 Å². The SMILES string of the molecule is COc1ccc([C@]2(CC(=O)N3CCN(C4CCCCC4)C(=O)C3)CC(=O)N(C)C2=O)cc1. The molecule has 172 valence electrons. The predicted octanol–water partition coefficient (Wildman–Crippen LogP) is 1.72. The number of carbonyl (C=O) groups is 4. The molecule has 1 saturated carbocycles. The first-order chi connectivity index (χ1) is 15.4. The molecule has 3 aliphatic rings. The Labute approximate surface area is 188 Å². The molecule has 2 aliphatic heterocycles. The second-order valence-corrected chi connectivity index (χ2v) is 9.12. The van der Waals surface area contributed by atoms with E-state index in [4.69, 9.17) is 4.74 Å². The summed E-state index contributed by atoms with van der Waals surface area (Å²) in [6.45, 7) is 1.02. The number of piperazine rings is 1. The van der Waals surface area contributed by atoms with E-state index in [0.29, 0.717) is 24.4 Å². The van der Waals surface area contributed by atoms with E-state index in [9.17, 15) is 19.2 Å². The van der Waals surface area contributed by atoms with Gasteiger partial charge in [0.2, 0.25) is 23.6 Å². The Kier molecular flexibility index (Phi) is 6.22. The van der Waals surface area contributed by atoms with Gasteiger partial charge in [0.15, 0.2) is 0 Å². The molecule has 0 spiro atoms. The number of hydrogen-bond donors (Lipinski definition) is 0. The van der Waals surface area contributed by atoms with Crippen LogP contribution in [0.2, 0.25) is 0 Å². The number of carbonyl (C=O) groups excluding carboxylic acids is 4. The molecular weight excluding hydrogens is 410 g/mol. The molecule has 2 heterocycles. The summed E-state index contributed by atoms with van der Waals surface area (Å²) in [6, 6.07) is 7.21. The highest BCUT2D eigenvalue weighted by Gasteiger charge is 2.53. The van der Waals surface area contributed by atoms with Gasteiger partial charge in [0.05, 0.1) is 19.1 Å². The van der Waals surface area contributed by atoms with Gasteiger partial charge in [-0.25, -0.2) is 0 Å². The zero-order valence-corrected chi connectivity index (χ0v) is 18.8. The van der Waals surface area contributed by atoms with E-state index in [-0.39, 0.29) is 49.1 Å². The van der Waals surface area contributed by atoms with Crippen molar-refractivity contribution in [1.29, 1.82) is 0 Å². The van der Waals surface area contributed by atoms with Crippen LogP contribution in [0.5, 0.6) is 5.75 Å². The van der Waals surface area contributed by atoms with Gasteiger partial charge in [0, 0.05) is 39.0 Å². The van der Waals surface area contributed by atoms with E-state index in [1.807, 2.05) is 4.90 Å². The first-order valence-electron chi connectivity index (χ1n) is 11.4. The topological polar surface area (TPSA) is 87.2 Å². The highest BCUT2D eigenvalue weighted by molar-refractivity contribution is 6.10. The summed E-state index contributed by atoms with van der Waals surface area (Å²) < 4.78 is 5.20. The van der Waals surface area contributed by atoms with E-state index in [1.54, 1.807) is 36.3 Å². The van der Waals surface area contributed by atoms with Gasteiger partial charge in [0.25, 0.3) is 0 Å². The second kappa shape index (κ2) is 8.92. The number of hydrogen-bond acceptors (Lipinski definition) is 5. The summed E-state index contributed by atoms with van der Waals surface area (Å²) in [7, 11) is 3.00. The maximum absolute atomic E-state index is 13.3. The Morgan fingerprint density at radius 2 is 1.72 bits per heavy atom. The van der Waals surface area contributed by atoms with Crippen molar-refractivity contribution in [2.45, 2.75) is 56.4 Å². The van der Waals surface area contributed by atoms with Crippen LogP contribution in [0.4, 0.5) is 0 Å². The number of benzene rings is 1. The van der Waals surface area contributed by atoms with Gasteiger partial charge >= 0.3 is 0 Å². The van der Waals surface area contributed by atoms with Crippen LogP contribution in [0, 0.1) is 0 Å². The molecule has 8 heteroatoms. The van der Waals surface area contributed by atoms with Crippen LogP contribution >= 0.6 is 0 Å². The van der Waals surface area contributed by atoms with Gasteiger partial charge < -0.3 is 14.5 Å². The second-order valence-electron chi connectivity index (χ2n) is 9.12. The number of imide groups is 1. The molecule has 32 heavy (non-hydrogen) atoms. The number of likely N-dealkylation sites (N-methyl/N-ethyl adjacent to an activating group) is 1. The van der Waals surface area contributed by atoms with Crippen LogP contribution in [-0.2, 0) is 24.6 Å². The third-order valence-electron chi connectivity index (χ3n) is 7.26. The third kappa shape index (κ3) is 3.98. The Morgan fingerprint density at radius 3 is 2.28 bits per heavy atom. The highest BCUT2D eigenvalue weighted by atomic mass is 16.5. The Morgan fingerprint density at radius 1 is 1.03 bits per heavy atom. The lowest BCUT2D eigenvalue weighted by atomic mass is 9.75. The molecule has 1 aliphatic carbocycles. The summed E-state index contributed by atoms with van der Waals surface area (Å²) in [5.41, 5.74) is -0.639. The number of methoxy groups -OCH3 is 1. The van der Waals surface area contributed by atoms with Crippen molar-refractivity contribution in [3.8, 4) is 5.75 Å². The molecule has 3 fully saturated rings. The fourth-order valence-electron chi connectivity index (χ4n) is 5.31. The molecule has 4 rings (SSSR count). The van der Waals surface area contributed by atoms with Crippen molar-refractivity contribution < 1.29 is 23.9 Å². The largest absolute Gasteiger partial charge is 0.497 e. The molecule has 0 aromatic heterocycles. The minimum absolute atomic E-state index is 0.0269. The quantitative estimate of drug-likeness (QED) is 0.650. The highest BCUT2D eigenvalue weighted by Crippen LogP contribution is 2.40. The molecule has 0 N–H and O–H groups in total. The van der Waals surface area contributed by atoms with Gasteiger partial charge in [-0.15, -0.1) is 0 Å². The molecule has 1 atom stereocenters. The minimum atomic E-state index is -1.25. The van der Waals surface area contributed by atoms with Crippen LogP contribution < -0.4 is 4.74 Å². The van der Waals surface area contributed by atoms with Gasteiger partial charge in [0.1, 0.15) is 5.75 Å². The predicted molar refractivity (Wildman–Crippen MR) is 117 cm³/mol. The third-order valence-corrected chi connectivity index (χ3v) is 7.26. The smallest absolute Gasteiger partial charge is 0.242 e. The molecule has 0 bridgehead atoms. The average molecular weight is 442 g/mol. The monoisotopic (exact) mass is 441 g/mol. The number of ether oxygens (including phenoxy) is 1. The molecule has 0 unspecified atom stereocenters. The summed E-state index contributed by atoms with van der Waals surface area (Å²) in [6.07, 6.45) is 5.38. The van der Waals surface area contributed by atoms with Crippen molar-refractivity contribution >= 4 is 23.6 Å². The number of rotatable bonds is 5. The van der Waals surface area contributed by atoms with Gasteiger partial charge in [-0.2, -0.15) is 0 Å². The standard InChI is InChI=1S/C24H31N3O5/c1-25-20(28)14-24(23(25)31,17-8-10-19(32-2)11-9-17)15-21(29)26-12-13-27(22(30)16-26)18-6-4-3-5-7-18/h8-11,18H,3-7,12-16H2,1-2H3/t24-/m1/s1. The molecule has 2 saturated heterocycles. The lowest BCUT2D eigenvalue weighted by molar-refractivity contribution is -0.149. The Bertz CT molecular complexity index is 909. The van der Waals surface area contributed by atoms with Crippen molar-refractivity contribution in [3.05, 3.63) is 29.8 Å². The van der Waals surface area contributed by atoms with Gasteiger partial charge in [-0.1, -0.05) is 31.4 Å². The summed E-state index contributed by atoms with van der Waals surface area (Å²) in [5, 5.41) is 0. The van der Waals surface area contributed by atoms with E-state index in [2.05, 4.69) is 0 Å². The Hall–Kier alpha value is -2.90. The van der Waals surface area contributed by atoms with Crippen LogP contribution in [0.25, 0.3) is 0 Å². The van der Waals surface area contributed by atoms with Crippen LogP contribution in [-0.4, -0.2) is 78.2 Å². The van der Waals surface area contributed by atoms with Crippen LogP contribution in [0.3, 0.4) is 0 Å². The molecule has 1 aromatic rings. The van der Waals surface area contributed by atoms with Crippen LogP contribution in [0.1, 0.15) is 50.5 Å². The zero-order valence-electron chi connectivity index (χ0n) is 18.8. The lowest BCUT2D eigenvalue weighted by Crippen LogP contribution is -2.56. The molecular formula is C24H31N3O5. The summed E-state index contributed by atoms with van der Waals surface area (Å²) in [4.78, 5) is 56.3. The molecule has 8 nitrogen and oxygen atoms in total. The normalized spacial score (nSPS) is 24.9. The summed E-state index contributed by atoms with van der Waals surface area (Å²) >= 11 is 0.